The second-order valence-electron chi connectivity index (χ2n) is 6.63. The molecule has 2 aromatic rings. The summed E-state index contributed by atoms with van der Waals surface area (Å²) < 4.78 is 5.91. The molecule has 150 valence electrons. The van der Waals surface area contributed by atoms with Crippen LogP contribution in [0.3, 0.4) is 0 Å². The molecule has 2 aromatic carbocycles. The molecule has 2 rings (SSSR count). The Bertz CT molecular complexity index is 747. The third-order valence-electron chi connectivity index (χ3n) is 4.30. The minimum atomic E-state index is -0.112. The van der Waals surface area contributed by atoms with Gasteiger partial charge in [0.1, 0.15) is 5.75 Å². The number of rotatable bonds is 11. The third kappa shape index (κ3) is 6.72. The molecule has 5 nitrogen and oxygen atoms in total. The fourth-order valence-corrected chi connectivity index (χ4v) is 2.91. The SMILES string of the molecule is CCCNC(=O)CN(CCC)C(=O)CCOc1ccccc1-c1ccccc1. The van der Waals surface area contributed by atoms with Gasteiger partial charge in [-0.15, -0.1) is 0 Å². The van der Waals surface area contributed by atoms with Gasteiger partial charge in [0.25, 0.3) is 0 Å². The maximum absolute atomic E-state index is 12.6. The largest absolute Gasteiger partial charge is 0.492 e. The number of benzene rings is 2. The van der Waals surface area contributed by atoms with Crippen LogP contribution in [-0.4, -0.2) is 43.0 Å². The number of hydrogen-bond acceptors (Lipinski definition) is 3. The number of nitrogens with one attached hydrogen (secondary N) is 1. The van der Waals surface area contributed by atoms with Crippen molar-refractivity contribution in [1.82, 2.24) is 10.2 Å². The molecule has 0 saturated carbocycles. The summed E-state index contributed by atoms with van der Waals surface area (Å²) in [4.78, 5) is 26.1. The van der Waals surface area contributed by atoms with Crippen LogP contribution in [0.2, 0.25) is 0 Å². The Labute approximate surface area is 167 Å². The van der Waals surface area contributed by atoms with Crippen molar-refractivity contribution in [2.24, 2.45) is 0 Å². The molecule has 0 saturated heterocycles. The van der Waals surface area contributed by atoms with Crippen molar-refractivity contribution in [3.8, 4) is 16.9 Å². The number of amides is 2. The normalized spacial score (nSPS) is 10.4. The first kappa shape index (κ1) is 21.5. The molecular formula is C23H30N2O3. The topological polar surface area (TPSA) is 58.6 Å². The number of hydrogen-bond donors (Lipinski definition) is 1. The highest BCUT2D eigenvalue weighted by Crippen LogP contribution is 2.29. The quantitative estimate of drug-likeness (QED) is 0.641. The van der Waals surface area contributed by atoms with E-state index in [4.69, 9.17) is 4.74 Å². The van der Waals surface area contributed by atoms with Gasteiger partial charge in [-0.05, 0) is 24.5 Å². The molecule has 1 N–H and O–H groups in total. The molecule has 28 heavy (non-hydrogen) atoms. The van der Waals surface area contributed by atoms with E-state index >= 15 is 0 Å². The van der Waals surface area contributed by atoms with Gasteiger partial charge in [0, 0.05) is 18.7 Å². The third-order valence-corrected chi connectivity index (χ3v) is 4.30. The summed E-state index contributed by atoms with van der Waals surface area (Å²) in [6, 6.07) is 17.8. The van der Waals surface area contributed by atoms with Crippen LogP contribution in [0.5, 0.6) is 5.75 Å². The molecule has 0 aromatic heterocycles. The van der Waals surface area contributed by atoms with E-state index in [1.807, 2.05) is 68.4 Å². The standard InChI is InChI=1S/C23H30N2O3/c1-3-15-24-22(26)18-25(16-4-2)23(27)14-17-28-21-13-9-8-12-20(21)19-10-6-5-7-11-19/h5-13H,3-4,14-18H2,1-2H3,(H,24,26). The molecule has 2 amide bonds. The second kappa shape index (κ2) is 11.8. The van der Waals surface area contributed by atoms with Gasteiger partial charge in [0.15, 0.2) is 0 Å². The van der Waals surface area contributed by atoms with Gasteiger partial charge >= 0.3 is 0 Å². The molecule has 0 radical (unpaired) electrons. The van der Waals surface area contributed by atoms with Crippen LogP contribution < -0.4 is 10.1 Å². The molecule has 0 aliphatic carbocycles. The maximum atomic E-state index is 12.6. The predicted octanol–water partition coefficient (Wildman–Crippen LogP) is 3.89. The van der Waals surface area contributed by atoms with E-state index in [0.29, 0.717) is 13.1 Å². The zero-order chi connectivity index (χ0) is 20.2. The summed E-state index contributed by atoms with van der Waals surface area (Å²) in [5.74, 6) is 0.578. The van der Waals surface area contributed by atoms with Gasteiger partial charge in [-0.3, -0.25) is 9.59 Å². The summed E-state index contributed by atoms with van der Waals surface area (Å²) in [7, 11) is 0. The molecule has 0 heterocycles. The van der Waals surface area contributed by atoms with Crippen molar-refractivity contribution >= 4 is 11.8 Å². The first-order chi connectivity index (χ1) is 13.7. The van der Waals surface area contributed by atoms with E-state index in [0.717, 1.165) is 29.7 Å². The van der Waals surface area contributed by atoms with E-state index < -0.39 is 0 Å². The number of carbonyl (C=O) groups is 2. The molecule has 0 spiro atoms. The first-order valence-electron chi connectivity index (χ1n) is 9.97. The molecule has 0 aliphatic heterocycles. The molecule has 0 unspecified atom stereocenters. The van der Waals surface area contributed by atoms with Crippen molar-refractivity contribution in [2.75, 3.05) is 26.2 Å². The van der Waals surface area contributed by atoms with Crippen molar-refractivity contribution in [1.29, 1.82) is 0 Å². The van der Waals surface area contributed by atoms with Gasteiger partial charge in [0.2, 0.25) is 11.8 Å². The van der Waals surface area contributed by atoms with Crippen molar-refractivity contribution < 1.29 is 14.3 Å². The van der Waals surface area contributed by atoms with Crippen molar-refractivity contribution in [3.63, 3.8) is 0 Å². The van der Waals surface area contributed by atoms with E-state index in [-0.39, 0.29) is 31.4 Å². The van der Waals surface area contributed by atoms with E-state index in [9.17, 15) is 9.59 Å². The Hall–Kier alpha value is -2.82. The number of nitrogens with zero attached hydrogens (tertiary/aromatic N) is 1. The maximum Gasteiger partial charge on any atom is 0.239 e. The summed E-state index contributed by atoms with van der Waals surface area (Å²) in [6.07, 6.45) is 1.93. The summed E-state index contributed by atoms with van der Waals surface area (Å²) in [6.45, 7) is 5.58. The van der Waals surface area contributed by atoms with Crippen LogP contribution in [0.4, 0.5) is 0 Å². The van der Waals surface area contributed by atoms with Crippen LogP contribution in [0, 0.1) is 0 Å². The molecule has 0 fully saturated rings. The fraction of sp³-hybridized carbons (Fsp3) is 0.391. The minimum Gasteiger partial charge on any atom is -0.492 e. The lowest BCUT2D eigenvalue weighted by Gasteiger charge is -2.22. The van der Waals surface area contributed by atoms with Crippen molar-refractivity contribution in [3.05, 3.63) is 54.6 Å². The highest BCUT2D eigenvalue weighted by Gasteiger charge is 2.16. The molecule has 0 bridgehead atoms. The number of ether oxygens (including phenoxy) is 1. The van der Waals surface area contributed by atoms with Gasteiger partial charge < -0.3 is 15.0 Å². The monoisotopic (exact) mass is 382 g/mol. The average molecular weight is 383 g/mol. The number of para-hydroxylation sites is 1. The van der Waals surface area contributed by atoms with Crippen LogP contribution in [0.25, 0.3) is 11.1 Å². The molecule has 0 aliphatic rings. The molecule has 5 heteroatoms. The van der Waals surface area contributed by atoms with Gasteiger partial charge in [-0.2, -0.15) is 0 Å². The van der Waals surface area contributed by atoms with Gasteiger partial charge in [0.05, 0.1) is 19.6 Å². The lowest BCUT2D eigenvalue weighted by molar-refractivity contribution is -0.136. The zero-order valence-corrected chi connectivity index (χ0v) is 16.8. The van der Waals surface area contributed by atoms with E-state index in [1.165, 1.54) is 0 Å². The van der Waals surface area contributed by atoms with Gasteiger partial charge in [-0.1, -0.05) is 62.4 Å². The van der Waals surface area contributed by atoms with Gasteiger partial charge in [-0.25, -0.2) is 0 Å². The zero-order valence-electron chi connectivity index (χ0n) is 16.8. The highest BCUT2D eigenvalue weighted by atomic mass is 16.5. The smallest absolute Gasteiger partial charge is 0.239 e. The number of carbonyl (C=O) groups excluding carboxylic acids is 2. The highest BCUT2D eigenvalue weighted by molar-refractivity contribution is 5.84. The Morgan fingerprint density at radius 2 is 1.68 bits per heavy atom. The fourth-order valence-electron chi connectivity index (χ4n) is 2.91. The Morgan fingerprint density at radius 1 is 0.964 bits per heavy atom. The Morgan fingerprint density at radius 3 is 2.39 bits per heavy atom. The van der Waals surface area contributed by atoms with Crippen LogP contribution in [-0.2, 0) is 9.59 Å². The van der Waals surface area contributed by atoms with Crippen LogP contribution >= 0.6 is 0 Å². The average Bonchev–Trinajstić information content (AvgIpc) is 2.73. The van der Waals surface area contributed by atoms with Crippen molar-refractivity contribution in [2.45, 2.75) is 33.1 Å². The van der Waals surface area contributed by atoms with Crippen LogP contribution in [0.15, 0.2) is 54.6 Å². The predicted molar refractivity (Wildman–Crippen MR) is 112 cm³/mol. The first-order valence-corrected chi connectivity index (χ1v) is 9.97. The Kier molecular flexibility index (Phi) is 9.05. The second-order valence-corrected chi connectivity index (χ2v) is 6.63. The summed E-state index contributed by atoms with van der Waals surface area (Å²) in [5, 5.41) is 2.82. The minimum absolute atomic E-state index is 0.0642. The van der Waals surface area contributed by atoms with Crippen LogP contribution in [0.1, 0.15) is 33.1 Å². The molecule has 0 atom stereocenters. The molecular weight excluding hydrogens is 352 g/mol. The Balaban J connectivity index is 1.92. The summed E-state index contributed by atoms with van der Waals surface area (Å²) in [5.41, 5.74) is 2.07. The lowest BCUT2D eigenvalue weighted by atomic mass is 10.1. The summed E-state index contributed by atoms with van der Waals surface area (Å²) >= 11 is 0. The van der Waals surface area contributed by atoms with E-state index in [2.05, 4.69) is 5.32 Å². The lowest BCUT2D eigenvalue weighted by Crippen LogP contribution is -2.41. The van der Waals surface area contributed by atoms with E-state index in [1.54, 1.807) is 4.90 Å².